The Bertz CT molecular complexity index is 379. The second kappa shape index (κ2) is 7.25. The molecule has 0 aromatic carbocycles. The number of hydrogen-bond acceptors (Lipinski definition) is 6. The van der Waals surface area contributed by atoms with Crippen LogP contribution in [0.3, 0.4) is 0 Å². The van der Waals surface area contributed by atoms with Gasteiger partial charge in [-0.05, 0) is 31.2 Å². The van der Waals surface area contributed by atoms with Crippen molar-refractivity contribution in [2.75, 3.05) is 43.0 Å². The molecule has 1 aromatic heterocycles. The summed E-state index contributed by atoms with van der Waals surface area (Å²) in [5.74, 6) is 2.26. The molecule has 1 saturated heterocycles. The van der Waals surface area contributed by atoms with Gasteiger partial charge in [-0.25, -0.2) is 4.98 Å². The maximum Gasteiger partial charge on any atom is 0.224 e. The third kappa shape index (κ3) is 4.04. The van der Waals surface area contributed by atoms with Crippen LogP contribution in [0.1, 0.15) is 19.3 Å². The summed E-state index contributed by atoms with van der Waals surface area (Å²) in [4.78, 5) is 11.0. The van der Waals surface area contributed by atoms with E-state index in [4.69, 9.17) is 10.8 Å². The Kier molecular flexibility index (Phi) is 5.35. The molecule has 1 aliphatic rings. The summed E-state index contributed by atoms with van der Waals surface area (Å²) in [7, 11) is 0. The van der Waals surface area contributed by atoms with Gasteiger partial charge in [0.25, 0.3) is 0 Å². The van der Waals surface area contributed by atoms with Gasteiger partial charge in [0.05, 0.1) is 0 Å². The first-order valence-electron chi connectivity index (χ1n) is 6.96. The van der Waals surface area contributed by atoms with Crippen LogP contribution in [-0.2, 0) is 0 Å². The maximum atomic E-state index is 8.97. The number of aromatic nitrogens is 2. The number of nitrogens with one attached hydrogen (secondary N) is 1. The first-order chi connectivity index (χ1) is 9.33. The number of hydrogen-bond donors (Lipinski definition) is 3. The van der Waals surface area contributed by atoms with Gasteiger partial charge in [0, 0.05) is 39.0 Å². The lowest BCUT2D eigenvalue weighted by Gasteiger charge is -2.32. The lowest BCUT2D eigenvalue weighted by Crippen LogP contribution is -2.34. The van der Waals surface area contributed by atoms with Crippen molar-refractivity contribution in [3.05, 3.63) is 12.3 Å². The van der Waals surface area contributed by atoms with Crippen molar-refractivity contribution in [2.24, 2.45) is 11.7 Å². The molecule has 0 spiro atoms. The van der Waals surface area contributed by atoms with Crippen LogP contribution >= 0.6 is 0 Å². The molecule has 0 unspecified atom stereocenters. The summed E-state index contributed by atoms with van der Waals surface area (Å²) in [6.45, 7) is 3.55. The van der Waals surface area contributed by atoms with Crippen molar-refractivity contribution >= 4 is 11.8 Å². The van der Waals surface area contributed by atoms with Crippen molar-refractivity contribution in [1.82, 2.24) is 9.97 Å². The van der Waals surface area contributed by atoms with Gasteiger partial charge in [-0.15, -0.1) is 0 Å². The molecule has 0 radical (unpaired) electrons. The minimum atomic E-state index is 0.297. The van der Waals surface area contributed by atoms with Crippen LogP contribution in [0, 0.1) is 5.92 Å². The Hall–Kier alpha value is -1.40. The number of nitrogens with zero attached hydrogens (tertiary/aromatic N) is 3. The van der Waals surface area contributed by atoms with Crippen LogP contribution < -0.4 is 16.0 Å². The largest absolute Gasteiger partial charge is 0.396 e. The van der Waals surface area contributed by atoms with Gasteiger partial charge in [0.2, 0.25) is 5.95 Å². The zero-order chi connectivity index (χ0) is 13.5. The van der Waals surface area contributed by atoms with Crippen molar-refractivity contribution in [3.63, 3.8) is 0 Å². The molecular weight excluding hydrogens is 242 g/mol. The fourth-order valence-corrected chi connectivity index (χ4v) is 2.43. The molecule has 0 bridgehead atoms. The maximum absolute atomic E-state index is 8.97. The van der Waals surface area contributed by atoms with Crippen molar-refractivity contribution < 1.29 is 5.11 Å². The zero-order valence-electron chi connectivity index (χ0n) is 11.3. The average molecular weight is 265 g/mol. The van der Waals surface area contributed by atoms with E-state index < -0.39 is 0 Å². The van der Waals surface area contributed by atoms with Crippen LogP contribution in [-0.4, -0.2) is 47.9 Å². The highest BCUT2D eigenvalue weighted by Gasteiger charge is 2.19. The predicted molar refractivity (Wildman–Crippen MR) is 76.2 cm³/mol. The van der Waals surface area contributed by atoms with E-state index in [2.05, 4.69) is 20.2 Å². The van der Waals surface area contributed by atoms with Crippen LogP contribution in [0.25, 0.3) is 0 Å². The smallest absolute Gasteiger partial charge is 0.224 e. The lowest BCUT2D eigenvalue weighted by molar-refractivity contribution is 0.240. The monoisotopic (exact) mass is 265 g/mol. The zero-order valence-corrected chi connectivity index (χ0v) is 11.3. The van der Waals surface area contributed by atoms with Crippen molar-refractivity contribution in [2.45, 2.75) is 19.3 Å². The number of aliphatic hydroxyl groups is 1. The molecule has 1 fully saturated rings. The summed E-state index contributed by atoms with van der Waals surface area (Å²) in [5.41, 5.74) is 5.45. The van der Waals surface area contributed by atoms with Gasteiger partial charge < -0.3 is 21.1 Å². The topological polar surface area (TPSA) is 87.3 Å². The van der Waals surface area contributed by atoms with E-state index in [0.717, 1.165) is 38.2 Å². The number of aliphatic hydroxyl groups excluding tert-OH is 1. The minimum absolute atomic E-state index is 0.297. The van der Waals surface area contributed by atoms with E-state index in [-0.39, 0.29) is 0 Å². The minimum Gasteiger partial charge on any atom is -0.396 e. The third-order valence-electron chi connectivity index (χ3n) is 3.54. The average Bonchev–Trinajstić information content (AvgIpc) is 2.46. The van der Waals surface area contributed by atoms with E-state index in [1.165, 1.54) is 0 Å². The van der Waals surface area contributed by atoms with E-state index in [9.17, 15) is 0 Å². The van der Waals surface area contributed by atoms with Gasteiger partial charge in [-0.2, -0.15) is 4.98 Å². The molecule has 6 heteroatoms. The number of rotatable bonds is 6. The van der Waals surface area contributed by atoms with Gasteiger partial charge in [0.1, 0.15) is 5.82 Å². The van der Waals surface area contributed by atoms with Gasteiger partial charge >= 0.3 is 0 Å². The van der Waals surface area contributed by atoms with Gasteiger partial charge in [-0.1, -0.05) is 0 Å². The van der Waals surface area contributed by atoms with Gasteiger partial charge in [0.15, 0.2) is 0 Å². The van der Waals surface area contributed by atoms with Crippen LogP contribution in [0.4, 0.5) is 11.8 Å². The normalized spacial score (nSPS) is 16.6. The quantitative estimate of drug-likeness (QED) is 0.692. The second-order valence-corrected chi connectivity index (χ2v) is 4.90. The van der Waals surface area contributed by atoms with E-state index in [1.54, 1.807) is 6.20 Å². The molecule has 1 aliphatic heterocycles. The Morgan fingerprint density at radius 1 is 1.42 bits per heavy atom. The first-order valence-corrected chi connectivity index (χ1v) is 6.96. The molecule has 6 nitrogen and oxygen atoms in total. The predicted octanol–water partition coefficient (Wildman–Crippen LogP) is 0.446. The fourth-order valence-electron chi connectivity index (χ4n) is 2.43. The highest BCUT2D eigenvalue weighted by atomic mass is 16.3. The van der Waals surface area contributed by atoms with E-state index >= 15 is 0 Å². The Balaban J connectivity index is 1.91. The summed E-state index contributed by atoms with van der Waals surface area (Å²) in [6, 6.07) is 1.94. The summed E-state index contributed by atoms with van der Waals surface area (Å²) < 4.78 is 0. The van der Waals surface area contributed by atoms with E-state index in [1.807, 2.05) is 6.07 Å². The third-order valence-corrected chi connectivity index (χ3v) is 3.54. The Morgan fingerprint density at radius 2 is 2.21 bits per heavy atom. The second-order valence-electron chi connectivity index (χ2n) is 4.90. The van der Waals surface area contributed by atoms with Gasteiger partial charge in [-0.3, -0.25) is 0 Å². The lowest BCUT2D eigenvalue weighted by atomic mass is 9.94. The molecule has 4 N–H and O–H groups in total. The molecule has 1 aromatic rings. The Morgan fingerprint density at radius 3 is 2.89 bits per heavy atom. The van der Waals surface area contributed by atoms with Crippen LogP contribution in [0.15, 0.2) is 12.3 Å². The SMILES string of the molecule is NCCNc1nccc(N2CCC(CCO)CC2)n1. The molecular formula is C13H23N5O. The Labute approximate surface area is 114 Å². The summed E-state index contributed by atoms with van der Waals surface area (Å²) in [5, 5.41) is 12.1. The molecule has 106 valence electrons. The first kappa shape index (κ1) is 14.0. The standard InChI is InChI=1S/C13H23N5O/c14-5-7-16-13-15-6-1-12(17-13)18-8-2-11(3-9-18)4-10-19/h1,6,11,19H,2-5,7-10,14H2,(H,15,16,17). The summed E-state index contributed by atoms with van der Waals surface area (Å²) in [6.07, 6.45) is 4.94. The molecule has 0 saturated carbocycles. The summed E-state index contributed by atoms with van der Waals surface area (Å²) >= 11 is 0. The number of anilines is 2. The number of nitrogens with two attached hydrogens (primary N) is 1. The van der Waals surface area contributed by atoms with Crippen LogP contribution in [0.2, 0.25) is 0 Å². The highest BCUT2D eigenvalue weighted by molar-refractivity contribution is 5.42. The molecule has 0 atom stereocenters. The molecule has 19 heavy (non-hydrogen) atoms. The molecule has 0 amide bonds. The van der Waals surface area contributed by atoms with E-state index in [0.29, 0.717) is 31.6 Å². The number of piperidine rings is 1. The highest BCUT2D eigenvalue weighted by Crippen LogP contribution is 2.23. The van der Waals surface area contributed by atoms with Crippen molar-refractivity contribution in [3.8, 4) is 0 Å². The molecule has 0 aliphatic carbocycles. The molecule has 2 rings (SSSR count). The molecule has 2 heterocycles. The fraction of sp³-hybridized carbons (Fsp3) is 0.692. The van der Waals surface area contributed by atoms with Crippen LogP contribution in [0.5, 0.6) is 0 Å². The van der Waals surface area contributed by atoms with Crippen molar-refractivity contribution in [1.29, 1.82) is 0 Å².